The van der Waals surface area contributed by atoms with Crippen LogP contribution < -0.4 is 20.9 Å². The number of ether oxygens (including phenoxy) is 2. The number of alkyl halides is 9. The van der Waals surface area contributed by atoms with Crippen molar-refractivity contribution in [1.82, 2.24) is 0 Å². The van der Waals surface area contributed by atoms with Crippen molar-refractivity contribution in [2.24, 2.45) is 0 Å². The Morgan fingerprint density at radius 3 is 1.29 bits per heavy atom. The maximum absolute atomic E-state index is 15.1. The molecule has 0 aliphatic rings. The summed E-state index contributed by atoms with van der Waals surface area (Å²) >= 11 is 0. The second-order valence-electron chi connectivity index (χ2n) is 7.24. The first-order valence-corrected chi connectivity index (χ1v) is 9.50. The van der Waals surface area contributed by atoms with Crippen LogP contribution in [0.5, 0.6) is 23.0 Å². The van der Waals surface area contributed by atoms with E-state index in [0.717, 1.165) is 0 Å². The van der Waals surface area contributed by atoms with Crippen molar-refractivity contribution in [2.45, 2.75) is 18.5 Å². The average molecular weight is 568 g/mol. The quantitative estimate of drug-likeness (QED) is 0.247. The molecule has 0 unspecified atom stereocenters. The monoisotopic (exact) mass is 568 g/mol. The normalized spacial score (nSPS) is 12.6. The predicted octanol–water partition coefficient (Wildman–Crippen LogP) is 8.05. The lowest BCUT2D eigenvalue weighted by molar-refractivity contribution is -0.141. The molecule has 0 saturated carbocycles. The van der Waals surface area contributed by atoms with Crippen LogP contribution in [0.4, 0.5) is 68.5 Å². The maximum atomic E-state index is 15.1. The van der Waals surface area contributed by atoms with Crippen LogP contribution in [0.25, 0.3) is 0 Å². The number of nitrogen functional groups attached to an aromatic ring is 2. The van der Waals surface area contributed by atoms with Gasteiger partial charge in [0.2, 0.25) is 5.82 Å². The van der Waals surface area contributed by atoms with E-state index in [0.29, 0.717) is 6.07 Å². The minimum absolute atomic E-state index is 0.0992. The molecular formula is C21H9F13N2O2. The van der Waals surface area contributed by atoms with E-state index in [1.54, 1.807) is 0 Å². The van der Waals surface area contributed by atoms with Gasteiger partial charge in [-0.1, -0.05) is 0 Å². The topological polar surface area (TPSA) is 70.5 Å². The average Bonchev–Trinajstić information content (AvgIpc) is 2.73. The summed E-state index contributed by atoms with van der Waals surface area (Å²) in [4.78, 5) is 0. The van der Waals surface area contributed by atoms with Crippen LogP contribution >= 0.6 is 0 Å². The first-order chi connectivity index (χ1) is 17.2. The Kier molecular flexibility index (Phi) is 7.02. The van der Waals surface area contributed by atoms with Gasteiger partial charge in [-0.05, 0) is 24.3 Å². The van der Waals surface area contributed by atoms with Gasteiger partial charge in [-0.15, -0.1) is 0 Å². The summed E-state index contributed by atoms with van der Waals surface area (Å²) in [5, 5.41) is 0. The predicted molar refractivity (Wildman–Crippen MR) is 103 cm³/mol. The van der Waals surface area contributed by atoms with Crippen LogP contribution in [0.1, 0.15) is 16.7 Å². The van der Waals surface area contributed by atoms with E-state index < -0.39 is 92.9 Å². The van der Waals surface area contributed by atoms with Crippen LogP contribution in [-0.2, 0) is 18.5 Å². The van der Waals surface area contributed by atoms with Gasteiger partial charge < -0.3 is 20.9 Å². The summed E-state index contributed by atoms with van der Waals surface area (Å²) < 4.78 is 187. The van der Waals surface area contributed by atoms with Crippen molar-refractivity contribution in [3.8, 4) is 23.0 Å². The summed E-state index contributed by atoms with van der Waals surface area (Å²) in [5.74, 6) is -15.5. The third-order valence-electron chi connectivity index (χ3n) is 4.73. The summed E-state index contributed by atoms with van der Waals surface area (Å²) in [6, 6.07) is 0.453. The third-order valence-corrected chi connectivity index (χ3v) is 4.73. The van der Waals surface area contributed by atoms with Gasteiger partial charge in [0.1, 0.15) is 45.6 Å². The van der Waals surface area contributed by atoms with E-state index in [-0.39, 0.29) is 24.3 Å². The van der Waals surface area contributed by atoms with Gasteiger partial charge in [-0.3, -0.25) is 0 Å². The van der Waals surface area contributed by atoms with E-state index in [4.69, 9.17) is 11.5 Å². The van der Waals surface area contributed by atoms with Crippen LogP contribution in [0.15, 0.2) is 30.3 Å². The number of hydrogen-bond acceptors (Lipinski definition) is 4. The van der Waals surface area contributed by atoms with Crippen molar-refractivity contribution >= 4 is 11.4 Å². The zero-order valence-corrected chi connectivity index (χ0v) is 17.8. The largest absolute Gasteiger partial charge is 0.453 e. The fourth-order valence-electron chi connectivity index (χ4n) is 3.15. The first-order valence-electron chi connectivity index (χ1n) is 9.50. The van der Waals surface area contributed by atoms with E-state index in [1.807, 2.05) is 0 Å². The van der Waals surface area contributed by atoms with Crippen molar-refractivity contribution < 1.29 is 66.5 Å². The van der Waals surface area contributed by atoms with E-state index >= 15 is 4.39 Å². The molecule has 0 amide bonds. The molecule has 0 heterocycles. The van der Waals surface area contributed by atoms with E-state index in [9.17, 15) is 52.7 Å². The molecule has 0 aliphatic heterocycles. The summed E-state index contributed by atoms with van der Waals surface area (Å²) in [7, 11) is 0. The van der Waals surface area contributed by atoms with Crippen molar-refractivity contribution in [3.63, 3.8) is 0 Å². The molecule has 3 aromatic carbocycles. The fraction of sp³-hybridized carbons (Fsp3) is 0.143. The van der Waals surface area contributed by atoms with Crippen LogP contribution in [0.3, 0.4) is 0 Å². The molecule has 206 valence electrons. The Hall–Kier alpha value is -4.05. The standard InChI is InChI=1S/C21H9F13N2O2/c22-6-1-3-9(13(16(6)35)20(29,30)31)37-11-5-8(24)12(19(26,27)28)18(15(11)25)38-10-4-2-7(23)17(36)14(10)21(32,33)34/h1-5H,35-36H2. The number of nitrogens with two attached hydrogens (primary N) is 2. The SMILES string of the molecule is Nc1c(F)ccc(Oc2cc(F)c(C(F)(F)F)c(Oc3ccc(F)c(N)c3C(F)(F)F)c2F)c1C(F)(F)F. The van der Waals surface area contributed by atoms with Gasteiger partial charge in [0.15, 0.2) is 11.5 Å². The second kappa shape index (κ2) is 9.36. The Labute approximate surface area is 202 Å². The molecule has 0 fully saturated rings. The van der Waals surface area contributed by atoms with E-state index in [2.05, 4.69) is 9.47 Å². The molecule has 4 nitrogen and oxygen atoms in total. The van der Waals surface area contributed by atoms with Gasteiger partial charge >= 0.3 is 18.5 Å². The number of halogens is 13. The zero-order chi connectivity index (χ0) is 29.0. The van der Waals surface area contributed by atoms with Gasteiger partial charge in [0.05, 0.1) is 11.4 Å². The first kappa shape index (κ1) is 28.5. The molecule has 17 heteroatoms. The number of benzene rings is 3. The Balaban J connectivity index is 2.29. The lowest BCUT2D eigenvalue weighted by Crippen LogP contribution is -2.16. The van der Waals surface area contributed by atoms with Gasteiger partial charge in [0, 0.05) is 6.07 Å². The molecule has 0 spiro atoms. The summed E-state index contributed by atoms with van der Waals surface area (Å²) in [5.41, 5.74) is -0.133. The van der Waals surface area contributed by atoms with Gasteiger partial charge in [0.25, 0.3) is 0 Å². The minimum atomic E-state index is -5.85. The molecule has 3 rings (SSSR count). The highest BCUT2D eigenvalue weighted by atomic mass is 19.4. The molecule has 0 aromatic heterocycles. The Morgan fingerprint density at radius 2 is 0.895 bits per heavy atom. The smallest absolute Gasteiger partial charge is 0.422 e. The van der Waals surface area contributed by atoms with Crippen LogP contribution in [0, 0.1) is 23.3 Å². The lowest BCUT2D eigenvalue weighted by Gasteiger charge is -2.21. The van der Waals surface area contributed by atoms with Crippen molar-refractivity contribution in [1.29, 1.82) is 0 Å². The zero-order valence-electron chi connectivity index (χ0n) is 17.8. The van der Waals surface area contributed by atoms with Crippen LogP contribution in [0.2, 0.25) is 0 Å². The van der Waals surface area contributed by atoms with Crippen molar-refractivity contribution in [2.75, 3.05) is 11.5 Å². The molecule has 38 heavy (non-hydrogen) atoms. The molecule has 0 bridgehead atoms. The highest BCUT2D eigenvalue weighted by Crippen LogP contribution is 2.49. The molecule has 4 N–H and O–H groups in total. The third kappa shape index (κ3) is 5.31. The summed E-state index contributed by atoms with van der Waals surface area (Å²) in [6.45, 7) is 0. The molecule has 0 atom stereocenters. The van der Waals surface area contributed by atoms with Crippen LogP contribution in [-0.4, -0.2) is 0 Å². The molecular weight excluding hydrogens is 559 g/mol. The lowest BCUT2D eigenvalue weighted by atomic mass is 10.1. The van der Waals surface area contributed by atoms with Gasteiger partial charge in [-0.25, -0.2) is 13.2 Å². The minimum Gasteiger partial charge on any atom is -0.453 e. The molecule has 0 saturated heterocycles. The van der Waals surface area contributed by atoms with Gasteiger partial charge in [-0.2, -0.15) is 43.9 Å². The summed E-state index contributed by atoms with van der Waals surface area (Å²) in [6.07, 6.45) is -16.9. The fourth-order valence-corrected chi connectivity index (χ4v) is 3.15. The van der Waals surface area contributed by atoms with Crippen molar-refractivity contribution in [3.05, 3.63) is 70.3 Å². The highest BCUT2D eigenvalue weighted by molar-refractivity contribution is 5.60. The number of anilines is 2. The molecule has 0 radical (unpaired) electrons. The molecule has 0 aliphatic carbocycles. The van der Waals surface area contributed by atoms with E-state index in [1.165, 1.54) is 0 Å². The number of rotatable bonds is 4. The second-order valence-corrected chi connectivity index (χ2v) is 7.24. The highest BCUT2D eigenvalue weighted by Gasteiger charge is 2.44. The number of hydrogen-bond donors (Lipinski definition) is 2. The Morgan fingerprint density at radius 1 is 0.500 bits per heavy atom. The maximum Gasteiger partial charge on any atom is 0.422 e. The molecule has 3 aromatic rings. The Bertz CT molecular complexity index is 1400.